The van der Waals surface area contributed by atoms with Gasteiger partial charge in [0.2, 0.25) is 5.91 Å². The summed E-state index contributed by atoms with van der Waals surface area (Å²) in [5.74, 6) is 0.296. The first-order chi connectivity index (χ1) is 9.15. The van der Waals surface area contributed by atoms with Crippen LogP contribution in [0.4, 0.5) is 5.69 Å². The highest BCUT2D eigenvalue weighted by Crippen LogP contribution is 2.20. The van der Waals surface area contributed by atoms with Gasteiger partial charge in [0.25, 0.3) is 0 Å². The van der Waals surface area contributed by atoms with Gasteiger partial charge in [-0.15, -0.1) is 0 Å². The second-order valence-corrected chi connectivity index (χ2v) is 5.25. The molecule has 1 saturated heterocycles. The molecular formula is C15H22N2O2. The van der Waals surface area contributed by atoms with Crippen LogP contribution in [0, 0.1) is 0 Å². The third-order valence-electron chi connectivity index (χ3n) is 3.52. The van der Waals surface area contributed by atoms with Gasteiger partial charge < -0.3 is 15.8 Å². The lowest BCUT2D eigenvalue weighted by Crippen LogP contribution is -2.40. The van der Waals surface area contributed by atoms with Crippen LogP contribution >= 0.6 is 0 Å². The zero-order valence-corrected chi connectivity index (χ0v) is 11.4. The van der Waals surface area contributed by atoms with Gasteiger partial charge in [-0.3, -0.25) is 4.79 Å². The molecule has 2 rings (SSSR count). The molecule has 104 valence electrons. The Hall–Kier alpha value is -1.55. The molecule has 4 heteroatoms. The number of anilines is 1. The van der Waals surface area contributed by atoms with Crippen molar-refractivity contribution in [2.75, 3.05) is 18.9 Å². The van der Waals surface area contributed by atoms with Crippen LogP contribution in [0.1, 0.15) is 37.7 Å². The van der Waals surface area contributed by atoms with Crippen LogP contribution in [0.15, 0.2) is 24.3 Å². The lowest BCUT2D eigenvalue weighted by molar-refractivity contribution is -0.123. The molecule has 1 aliphatic rings. The number of carbonyl (C=O) groups is 1. The van der Waals surface area contributed by atoms with E-state index in [1.807, 2.05) is 24.3 Å². The van der Waals surface area contributed by atoms with Crippen molar-refractivity contribution in [1.29, 1.82) is 0 Å². The number of nitrogen functional groups attached to an aromatic ring is 1. The van der Waals surface area contributed by atoms with Gasteiger partial charge in [0.05, 0.1) is 12.6 Å². The Morgan fingerprint density at radius 3 is 2.84 bits per heavy atom. The molecule has 1 amide bonds. The molecule has 0 bridgehead atoms. The molecule has 0 saturated carbocycles. The molecule has 2 atom stereocenters. The SMILES string of the molecule is CC(CC(=O)NC1CCCOC1)c1ccc(N)cc1. The quantitative estimate of drug-likeness (QED) is 0.816. The minimum atomic E-state index is 0.0971. The van der Waals surface area contributed by atoms with Crippen LogP contribution in [0.2, 0.25) is 0 Å². The molecule has 19 heavy (non-hydrogen) atoms. The number of ether oxygens (including phenoxy) is 1. The first kappa shape index (κ1) is 13.9. The van der Waals surface area contributed by atoms with E-state index in [9.17, 15) is 4.79 Å². The Balaban J connectivity index is 1.82. The smallest absolute Gasteiger partial charge is 0.220 e. The van der Waals surface area contributed by atoms with Crippen molar-refractivity contribution in [3.05, 3.63) is 29.8 Å². The summed E-state index contributed by atoms with van der Waals surface area (Å²) < 4.78 is 5.36. The number of carbonyl (C=O) groups excluding carboxylic acids is 1. The molecule has 1 aromatic carbocycles. The Kier molecular flexibility index (Phi) is 4.80. The Bertz CT molecular complexity index is 411. The second kappa shape index (κ2) is 6.57. The van der Waals surface area contributed by atoms with E-state index < -0.39 is 0 Å². The first-order valence-electron chi connectivity index (χ1n) is 6.87. The minimum absolute atomic E-state index is 0.0971. The van der Waals surface area contributed by atoms with Gasteiger partial charge in [-0.25, -0.2) is 0 Å². The monoisotopic (exact) mass is 262 g/mol. The zero-order chi connectivity index (χ0) is 13.7. The molecule has 0 aliphatic carbocycles. The van der Waals surface area contributed by atoms with Crippen LogP contribution < -0.4 is 11.1 Å². The van der Waals surface area contributed by atoms with Crippen molar-refractivity contribution >= 4 is 11.6 Å². The normalized spacial score (nSPS) is 20.8. The van der Waals surface area contributed by atoms with Crippen molar-refractivity contribution in [3.63, 3.8) is 0 Å². The maximum absolute atomic E-state index is 12.0. The van der Waals surface area contributed by atoms with E-state index in [4.69, 9.17) is 10.5 Å². The van der Waals surface area contributed by atoms with E-state index in [1.165, 1.54) is 0 Å². The summed E-state index contributed by atoms with van der Waals surface area (Å²) in [6, 6.07) is 7.89. The third kappa shape index (κ3) is 4.24. The highest BCUT2D eigenvalue weighted by molar-refractivity contribution is 5.77. The van der Waals surface area contributed by atoms with Gasteiger partial charge in [0, 0.05) is 18.7 Å². The molecule has 1 fully saturated rings. The molecule has 0 radical (unpaired) electrons. The van der Waals surface area contributed by atoms with E-state index in [1.54, 1.807) is 0 Å². The van der Waals surface area contributed by atoms with Crippen molar-refractivity contribution in [2.24, 2.45) is 0 Å². The van der Waals surface area contributed by atoms with E-state index in [0.717, 1.165) is 30.7 Å². The standard InChI is InChI=1S/C15H22N2O2/c1-11(12-4-6-13(16)7-5-12)9-15(18)17-14-3-2-8-19-10-14/h4-7,11,14H,2-3,8-10,16H2,1H3,(H,17,18). The average molecular weight is 262 g/mol. The number of rotatable bonds is 4. The fourth-order valence-corrected chi connectivity index (χ4v) is 2.36. The molecule has 4 nitrogen and oxygen atoms in total. The molecule has 0 spiro atoms. The maximum Gasteiger partial charge on any atom is 0.220 e. The van der Waals surface area contributed by atoms with Gasteiger partial charge in [-0.2, -0.15) is 0 Å². The second-order valence-electron chi connectivity index (χ2n) is 5.25. The molecule has 3 N–H and O–H groups in total. The van der Waals surface area contributed by atoms with Crippen molar-refractivity contribution in [3.8, 4) is 0 Å². The highest BCUT2D eigenvalue weighted by atomic mass is 16.5. The average Bonchev–Trinajstić information content (AvgIpc) is 2.40. The fraction of sp³-hybridized carbons (Fsp3) is 0.533. The van der Waals surface area contributed by atoms with Crippen LogP contribution in [0.5, 0.6) is 0 Å². The largest absolute Gasteiger partial charge is 0.399 e. The summed E-state index contributed by atoms with van der Waals surface area (Å²) in [6.07, 6.45) is 2.54. The lowest BCUT2D eigenvalue weighted by Gasteiger charge is -2.23. The van der Waals surface area contributed by atoms with E-state index in [2.05, 4.69) is 12.2 Å². The van der Waals surface area contributed by atoms with Crippen molar-refractivity contribution in [2.45, 2.75) is 38.1 Å². The summed E-state index contributed by atoms with van der Waals surface area (Å²) in [6.45, 7) is 3.51. The van der Waals surface area contributed by atoms with E-state index >= 15 is 0 Å². The van der Waals surface area contributed by atoms with Gasteiger partial charge in [-0.05, 0) is 36.5 Å². The molecule has 1 heterocycles. The molecule has 2 unspecified atom stereocenters. The predicted molar refractivity (Wildman–Crippen MR) is 75.9 cm³/mol. The minimum Gasteiger partial charge on any atom is -0.399 e. The predicted octanol–water partition coefficient (Wildman–Crippen LogP) is 2.06. The third-order valence-corrected chi connectivity index (χ3v) is 3.52. The topological polar surface area (TPSA) is 64.3 Å². The van der Waals surface area contributed by atoms with Crippen LogP contribution in [-0.4, -0.2) is 25.2 Å². The summed E-state index contributed by atoms with van der Waals surface area (Å²) in [5, 5.41) is 3.04. The first-order valence-corrected chi connectivity index (χ1v) is 6.87. The van der Waals surface area contributed by atoms with Gasteiger partial charge >= 0.3 is 0 Å². The summed E-state index contributed by atoms with van der Waals surface area (Å²) in [5.41, 5.74) is 7.55. The van der Waals surface area contributed by atoms with Gasteiger partial charge in [0.15, 0.2) is 0 Å². The summed E-state index contributed by atoms with van der Waals surface area (Å²) in [7, 11) is 0. The maximum atomic E-state index is 12.0. The van der Waals surface area contributed by atoms with Crippen LogP contribution in [-0.2, 0) is 9.53 Å². The molecule has 0 aromatic heterocycles. The van der Waals surface area contributed by atoms with Crippen LogP contribution in [0.3, 0.4) is 0 Å². The fourth-order valence-electron chi connectivity index (χ4n) is 2.36. The van der Waals surface area contributed by atoms with E-state index in [-0.39, 0.29) is 17.9 Å². The van der Waals surface area contributed by atoms with Crippen molar-refractivity contribution < 1.29 is 9.53 Å². The summed E-state index contributed by atoms with van der Waals surface area (Å²) >= 11 is 0. The summed E-state index contributed by atoms with van der Waals surface area (Å²) in [4.78, 5) is 12.0. The number of hydrogen-bond acceptors (Lipinski definition) is 3. The number of benzene rings is 1. The Morgan fingerprint density at radius 1 is 1.47 bits per heavy atom. The zero-order valence-electron chi connectivity index (χ0n) is 11.4. The number of amides is 1. The Morgan fingerprint density at radius 2 is 2.21 bits per heavy atom. The van der Waals surface area contributed by atoms with Crippen molar-refractivity contribution in [1.82, 2.24) is 5.32 Å². The van der Waals surface area contributed by atoms with Gasteiger partial charge in [0.1, 0.15) is 0 Å². The lowest BCUT2D eigenvalue weighted by atomic mass is 9.97. The van der Waals surface area contributed by atoms with Gasteiger partial charge in [-0.1, -0.05) is 19.1 Å². The molecule has 1 aromatic rings. The number of nitrogens with one attached hydrogen (secondary N) is 1. The number of nitrogens with two attached hydrogens (primary N) is 1. The van der Waals surface area contributed by atoms with E-state index in [0.29, 0.717) is 13.0 Å². The van der Waals surface area contributed by atoms with Crippen LogP contribution in [0.25, 0.3) is 0 Å². The molecule has 1 aliphatic heterocycles. The highest BCUT2D eigenvalue weighted by Gasteiger charge is 2.18. The molecular weight excluding hydrogens is 240 g/mol. The number of hydrogen-bond donors (Lipinski definition) is 2. The Labute approximate surface area is 114 Å².